The van der Waals surface area contributed by atoms with E-state index in [4.69, 9.17) is 0 Å². The van der Waals surface area contributed by atoms with Crippen LogP contribution in [0.2, 0.25) is 0 Å². The third kappa shape index (κ3) is 20.9. The predicted molar refractivity (Wildman–Crippen MR) is 604 cm³/mol. The van der Waals surface area contributed by atoms with Gasteiger partial charge in [-0.15, -0.1) is 0 Å². The van der Waals surface area contributed by atoms with Crippen molar-refractivity contribution in [2.24, 2.45) is 0 Å². The molecule has 0 aliphatic heterocycles. The van der Waals surface area contributed by atoms with E-state index >= 15 is 0 Å². The molecule has 1 aliphatic carbocycles. The molecule has 20 rings (SSSR count). The van der Waals surface area contributed by atoms with Gasteiger partial charge in [-0.3, -0.25) is 0 Å². The fraction of sp³-hybridized carbons (Fsp3) is 0.179. The lowest BCUT2D eigenvalue weighted by Crippen LogP contribution is -2.16. The number of hydrogen-bond acceptors (Lipinski definition) is 6. The minimum atomic E-state index is 0.0889. The quantitative estimate of drug-likeness (QED) is 0.0746. The third-order valence-electron chi connectivity index (χ3n) is 27.6. The number of hydrogen-bond donors (Lipinski definition) is 0. The zero-order valence-electron chi connectivity index (χ0n) is 85.2. The molecular formula is C134H130N6. The van der Waals surface area contributed by atoms with E-state index < -0.39 is 0 Å². The lowest BCUT2D eigenvalue weighted by molar-refractivity contribution is 0.589. The Balaban J connectivity index is 0.000000140. The first kappa shape index (κ1) is 94.8. The molecule has 6 heteroatoms. The van der Waals surface area contributed by atoms with Crippen molar-refractivity contribution in [2.45, 2.75) is 162 Å². The summed E-state index contributed by atoms with van der Waals surface area (Å²) >= 11 is 0. The van der Waals surface area contributed by atoms with Crippen molar-refractivity contribution in [2.75, 3.05) is 29.4 Å². The normalized spacial score (nSPS) is 11.7. The first-order chi connectivity index (χ1) is 67.4. The fourth-order valence-electron chi connectivity index (χ4n) is 19.6. The zero-order valence-corrected chi connectivity index (χ0v) is 85.2. The molecule has 0 aromatic heterocycles. The van der Waals surface area contributed by atoms with Gasteiger partial charge in [-0.25, -0.2) is 0 Å². The second-order valence-electron chi connectivity index (χ2n) is 40.9. The fourth-order valence-corrected chi connectivity index (χ4v) is 19.6. The molecule has 0 fully saturated rings. The van der Waals surface area contributed by atoms with Crippen LogP contribution in [0, 0.1) is 96.9 Å². The van der Waals surface area contributed by atoms with Gasteiger partial charge in [-0.05, 0) is 403 Å². The summed E-state index contributed by atoms with van der Waals surface area (Å²) in [6.07, 6.45) is 2.04. The van der Waals surface area contributed by atoms with Crippen LogP contribution in [0.4, 0.5) is 102 Å². The average Bonchev–Trinajstić information content (AvgIpc) is 0.773. The van der Waals surface area contributed by atoms with Gasteiger partial charge < -0.3 is 29.4 Å². The summed E-state index contributed by atoms with van der Waals surface area (Å²) in [5, 5.41) is 4.95. The Bertz CT molecular complexity index is 6930. The topological polar surface area (TPSA) is 19.4 Å². The summed E-state index contributed by atoms with van der Waals surface area (Å²) in [7, 11) is 0. The summed E-state index contributed by atoms with van der Waals surface area (Å²) in [6.45, 7) is 44.1. The highest BCUT2D eigenvalue weighted by Crippen LogP contribution is 2.49. The van der Waals surface area contributed by atoms with E-state index in [1.54, 1.807) is 0 Å². The summed E-state index contributed by atoms with van der Waals surface area (Å²) in [5.41, 5.74) is 49.6. The summed E-state index contributed by atoms with van der Waals surface area (Å²) < 4.78 is 0. The maximum atomic E-state index is 2.42. The minimum Gasteiger partial charge on any atom is -0.310 e. The van der Waals surface area contributed by atoms with Gasteiger partial charge in [0.25, 0.3) is 0 Å². The smallest absolute Gasteiger partial charge is 0.0520 e. The summed E-state index contributed by atoms with van der Waals surface area (Å²) in [4.78, 5) is 14.3. The molecule has 19 aromatic rings. The van der Waals surface area contributed by atoms with Crippen LogP contribution in [-0.2, 0) is 23.7 Å². The zero-order chi connectivity index (χ0) is 98.0. The molecule has 0 spiro atoms. The number of anilines is 18. The van der Waals surface area contributed by atoms with Crippen LogP contribution in [0.3, 0.4) is 0 Å². The first-order valence-electron chi connectivity index (χ1n) is 49.5. The second kappa shape index (κ2) is 40.3. The highest BCUT2D eigenvalue weighted by molar-refractivity contribution is 6.10. The van der Waals surface area contributed by atoms with E-state index in [1.807, 2.05) is 0 Å². The van der Waals surface area contributed by atoms with Gasteiger partial charge in [0.15, 0.2) is 0 Å². The van der Waals surface area contributed by atoms with Crippen molar-refractivity contribution in [3.05, 3.63) is 501 Å². The molecule has 0 saturated heterocycles. The maximum absolute atomic E-state index is 2.42. The maximum Gasteiger partial charge on any atom is 0.0520 e. The van der Waals surface area contributed by atoms with Crippen molar-refractivity contribution in [1.29, 1.82) is 0 Å². The summed E-state index contributed by atoms with van der Waals surface area (Å²) in [5.74, 6) is 0. The monoisotopic (exact) mass is 1820 g/mol. The minimum absolute atomic E-state index is 0.0889. The number of benzene rings is 19. The third-order valence-corrected chi connectivity index (χ3v) is 27.6. The Labute approximate surface area is 832 Å². The number of aryl methyl sites for hydroxylation is 16. The Morgan fingerprint density at radius 3 is 0.536 bits per heavy atom. The Kier molecular flexibility index (Phi) is 27.3. The van der Waals surface area contributed by atoms with Gasteiger partial charge in [0.1, 0.15) is 0 Å². The average molecular weight is 1820 g/mol. The molecule has 0 unspecified atom stereocenters. The van der Waals surface area contributed by atoms with Crippen LogP contribution in [0.15, 0.2) is 400 Å². The highest BCUT2D eigenvalue weighted by Gasteiger charge is 2.28. The van der Waals surface area contributed by atoms with E-state index in [0.717, 1.165) is 69.7 Å². The van der Waals surface area contributed by atoms with E-state index in [0.29, 0.717) is 0 Å². The number of fused-ring (bicyclic) bond motifs is 6. The standard InChI is InChI=1S/C50H56N2.C42H38N2.C42H36N2/c1-33-13-21-43(22-14-33)51(47-35(3)29-41(30-36(47)4)49(7,8)9)45-25-17-39(18-26-45)40-19-27-46(28-20-40)52(44-23-15-34(2)16-24-44)48-37(5)31-42(32-38(48)6)50(10,11)12;2*1-29-5-15-35(16-6-29)43(36-17-7-30(2)8-18-36)39-23-25-41-33(27-39)13-14-34-28-40(24-26-42(34)41)44(37-19-9-31(3)10-20-37)38-21-11-32(4)12-22-38/h13-32H,1-12H3;5-12,15-28H,13-14H2,1-4H3;5-28H,1-4H3. The SMILES string of the molecule is Cc1ccc(N(c2ccc(-c3ccc(N(c4ccc(C)cc4)c4c(C)cc(C(C)(C)C)cc4C)cc3)cc2)c2c(C)cc(C(C)(C)C)cc2C)cc1.Cc1ccc(N(c2ccc(C)cc2)c2ccc3c(c2)CCc2cc(N(c4ccc(C)cc4)c4ccc(C)cc4)ccc2-3)cc1.Cc1ccc(N(c2ccc(C)cc2)c2ccc3c(ccc4cc(N(c5ccc(C)cc5)c5ccc(C)cc5)ccc43)c2)cc1. The van der Waals surface area contributed by atoms with Crippen LogP contribution in [0.25, 0.3) is 43.8 Å². The predicted octanol–water partition coefficient (Wildman–Crippen LogP) is 38.5. The van der Waals surface area contributed by atoms with Crippen LogP contribution in [0.5, 0.6) is 0 Å². The van der Waals surface area contributed by atoms with E-state index in [1.165, 1.54) is 189 Å². The lowest BCUT2D eigenvalue weighted by Gasteiger charge is -2.31. The molecule has 6 nitrogen and oxygen atoms in total. The summed E-state index contributed by atoms with van der Waals surface area (Å²) in [6, 6.07) is 148. The molecule has 0 bridgehead atoms. The van der Waals surface area contributed by atoms with Crippen molar-refractivity contribution in [1.82, 2.24) is 0 Å². The van der Waals surface area contributed by atoms with Gasteiger partial charge in [0.05, 0.1) is 11.4 Å². The van der Waals surface area contributed by atoms with Crippen molar-refractivity contribution >= 4 is 124 Å². The highest BCUT2D eigenvalue weighted by atomic mass is 15.2. The molecule has 0 N–H and O–H groups in total. The molecule has 0 amide bonds. The first-order valence-corrected chi connectivity index (χ1v) is 49.5. The Morgan fingerprint density at radius 2 is 0.336 bits per heavy atom. The molecule has 0 heterocycles. The Hall–Kier alpha value is -15.5. The molecular weight excluding hydrogens is 1690 g/mol. The van der Waals surface area contributed by atoms with E-state index in [2.05, 4.69) is 568 Å². The molecule has 19 aromatic carbocycles. The molecule has 0 saturated carbocycles. The molecule has 1 aliphatic rings. The van der Waals surface area contributed by atoms with Gasteiger partial charge >= 0.3 is 0 Å². The van der Waals surface area contributed by atoms with E-state index in [-0.39, 0.29) is 10.8 Å². The van der Waals surface area contributed by atoms with Gasteiger partial charge in [0, 0.05) is 91.0 Å². The van der Waals surface area contributed by atoms with Crippen LogP contribution < -0.4 is 29.4 Å². The van der Waals surface area contributed by atoms with Crippen molar-refractivity contribution in [3.8, 4) is 22.3 Å². The van der Waals surface area contributed by atoms with Crippen LogP contribution in [-0.4, -0.2) is 0 Å². The van der Waals surface area contributed by atoms with Crippen molar-refractivity contribution in [3.63, 3.8) is 0 Å². The van der Waals surface area contributed by atoms with Crippen molar-refractivity contribution < 1.29 is 0 Å². The van der Waals surface area contributed by atoms with E-state index in [9.17, 15) is 0 Å². The van der Waals surface area contributed by atoms with Gasteiger partial charge in [-0.2, -0.15) is 0 Å². The molecule has 0 atom stereocenters. The lowest BCUT2D eigenvalue weighted by atomic mass is 9.84. The van der Waals surface area contributed by atoms with Gasteiger partial charge in [-0.1, -0.05) is 303 Å². The largest absolute Gasteiger partial charge is 0.310 e. The van der Waals surface area contributed by atoms with Crippen LogP contribution in [0.1, 0.15) is 142 Å². The van der Waals surface area contributed by atoms with Gasteiger partial charge in [0.2, 0.25) is 0 Å². The number of nitrogens with zero attached hydrogens (tertiary/aromatic N) is 6. The number of rotatable bonds is 19. The molecule has 696 valence electrons. The molecule has 140 heavy (non-hydrogen) atoms. The second-order valence-corrected chi connectivity index (χ2v) is 40.9. The molecule has 0 radical (unpaired) electrons. The Morgan fingerprint density at radius 1 is 0.164 bits per heavy atom. The van der Waals surface area contributed by atoms with Crippen LogP contribution >= 0.6 is 0 Å².